The zero-order chi connectivity index (χ0) is 31.0. The molecular formula is C36H32O9. The van der Waals surface area contributed by atoms with Crippen LogP contribution >= 0.6 is 0 Å². The first kappa shape index (κ1) is 29.0. The van der Waals surface area contributed by atoms with Gasteiger partial charge in [-0.3, -0.25) is 0 Å². The third-order valence-corrected chi connectivity index (χ3v) is 8.80. The predicted molar refractivity (Wildman–Crippen MR) is 162 cm³/mol. The van der Waals surface area contributed by atoms with Crippen LogP contribution in [-0.4, -0.2) is 62.5 Å². The molecule has 1 unspecified atom stereocenters. The van der Waals surface area contributed by atoms with Gasteiger partial charge in [-0.05, 0) is 44.5 Å². The molecule has 9 nitrogen and oxygen atoms in total. The van der Waals surface area contributed by atoms with Gasteiger partial charge in [0.15, 0.2) is 0 Å². The van der Waals surface area contributed by atoms with Crippen LogP contribution in [0.3, 0.4) is 0 Å². The van der Waals surface area contributed by atoms with Gasteiger partial charge in [0.05, 0.1) is 6.42 Å². The quantitative estimate of drug-likeness (QED) is 0.180. The topological polar surface area (TPSA) is 110 Å². The maximum atomic E-state index is 12.9. The molecule has 0 bridgehead atoms. The van der Waals surface area contributed by atoms with Crippen molar-refractivity contribution in [2.45, 2.75) is 36.4 Å². The summed E-state index contributed by atoms with van der Waals surface area (Å²) in [6.45, 7) is -0.195. The second-order valence-electron chi connectivity index (χ2n) is 11.3. The molecule has 4 aromatic carbocycles. The molecule has 1 N–H and O–H groups in total. The monoisotopic (exact) mass is 608 g/mol. The Balaban J connectivity index is 0.954. The van der Waals surface area contributed by atoms with Crippen molar-refractivity contribution in [1.29, 1.82) is 0 Å². The van der Waals surface area contributed by atoms with Crippen LogP contribution in [0.25, 0.3) is 22.3 Å². The lowest BCUT2D eigenvalue weighted by molar-refractivity contribution is -0.340. The van der Waals surface area contributed by atoms with E-state index >= 15 is 0 Å². The molecule has 0 radical (unpaired) electrons. The number of carbonyl (C=O) groups is 2. The SMILES string of the molecule is COC1(O)C[C@H](OC(=O)OCC2c3ccccc3-c3ccccc32)[C@@H](COC(=O)OCC2c3ccccc3-c3ccccc32)O1. The van der Waals surface area contributed by atoms with Gasteiger partial charge in [-0.15, -0.1) is 0 Å². The highest BCUT2D eigenvalue weighted by atomic mass is 16.8. The summed E-state index contributed by atoms with van der Waals surface area (Å²) in [5.74, 6) is -2.30. The van der Waals surface area contributed by atoms with Crippen LogP contribution in [0.1, 0.15) is 40.5 Å². The minimum atomic E-state index is -2.02. The Labute approximate surface area is 260 Å². The second-order valence-corrected chi connectivity index (χ2v) is 11.3. The second kappa shape index (κ2) is 12.0. The average Bonchev–Trinajstić information content (AvgIpc) is 3.69. The van der Waals surface area contributed by atoms with Crippen LogP contribution in [0.5, 0.6) is 0 Å². The molecule has 0 saturated carbocycles. The Morgan fingerprint density at radius 3 is 1.51 bits per heavy atom. The van der Waals surface area contributed by atoms with Gasteiger partial charge in [0, 0.05) is 18.9 Å². The average molecular weight is 609 g/mol. The highest BCUT2D eigenvalue weighted by Gasteiger charge is 2.49. The fraction of sp³-hybridized carbons (Fsp3) is 0.278. The third-order valence-electron chi connectivity index (χ3n) is 8.80. The number of fused-ring (bicyclic) bond motifs is 6. The van der Waals surface area contributed by atoms with Crippen LogP contribution < -0.4 is 0 Å². The molecule has 45 heavy (non-hydrogen) atoms. The predicted octanol–water partition coefficient (Wildman–Crippen LogP) is 6.37. The molecule has 1 aliphatic heterocycles. The summed E-state index contributed by atoms with van der Waals surface area (Å²) in [5.41, 5.74) is 8.73. The van der Waals surface area contributed by atoms with Crippen molar-refractivity contribution < 1.29 is 43.1 Å². The van der Waals surface area contributed by atoms with Crippen molar-refractivity contribution in [3.05, 3.63) is 119 Å². The zero-order valence-corrected chi connectivity index (χ0v) is 24.6. The van der Waals surface area contributed by atoms with E-state index in [1.165, 1.54) is 7.11 Å². The standard InChI is InChI=1S/C36H32O9/c1-40-36(39)18-32(44-35(38)42-20-31-28-16-8-4-12-24(28)25-13-5-9-17-29(25)31)33(45-36)21-43-34(37)41-19-30-26-14-6-2-10-22(26)23-11-3-7-15-27(23)30/h2-17,30-33,39H,18-21H2,1H3/t32-,33+,36?/m0/s1. The number of hydrogen-bond acceptors (Lipinski definition) is 9. The van der Waals surface area contributed by atoms with E-state index in [0.717, 1.165) is 44.5 Å². The molecule has 0 aromatic heterocycles. The van der Waals surface area contributed by atoms with E-state index in [9.17, 15) is 14.7 Å². The fourth-order valence-corrected chi connectivity index (χ4v) is 6.67. The Morgan fingerprint density at radius 1 is 0.667 bits per heavy atom. The van der Waals surface area contributed by atoms with Crippen LogP contribution in [0.4, 0.5) is 9.59 Å². The van der Waals surface area contributed by atoms with Gasteiger partial charge < -0.3 is 33.5 Å². The molecule has 0 amide bonds. The van der Waals surface area contributed by atoms with Gasteiger partial charge >= 0.3 is 12.3 Å². The van der Waals surface area contributed by atoms with Gasteiger partial charge in [-0.1, -0.05) is 97.1 Å². The fourth-order valence-electron chi connectivity index (χ4n) is 6.67. The highest BCUT2D eigenvalue weighted by Crippen LogP contribution is 2.46. The van der Waals surface area contributed by atoms with Crippen LogP contribution in [-0.2, 0) is 28.4 Å². The lowest BCUT2D eigenvalue weighted by Crippen LogP contribution is -2.33. The summed E-state index contributed by atoms with van der Waals surface area (Å²) >= 11 is 0. The van der Waals surface area contributed by atoms with E-state index in [-0.39, 0.29) is 38.1 Å². The van der Waals surface area contributed by atoms with Gasteiger partial charge in [-0.25, -0.2) is 9.59 Å². The lowest BCUT2D eigenvalue weighted by Gasteiger charge is -2.20. The van der Waals surface area contributed by atoms with E-state index in [4.69, 9.17) is 28.4 Å². The Bertz CT molecular complexity index is 1640. The van der Waals surface area contributed by atoms with E-state index in [0.29, 0.717) is 0 Å². The van der Waals surface area contributed by atoms with Crippen molar-refractivity contribution in [1.82, 2.24) is 0 Å². The molecule has 3 atom stereocenters. The molecule has 1 heterocycles. The first-order valence-corrected chi connectivity index (χ1v) is 14.9. The summed E-state index contributed by atoms with van der Waals surface area (Å²) in [5, 5.41) is 10.6. The number of methoxy groups -OCH3 is 1. The summed E-state index contributed by atoms with van der Waals surface area (Å²) in [4.78, 5) is 25.5. The van der Waals surface area contributed by atoms with E-state index in [1.54, 1.807) is 0 Å². The molecule has 3 aliphatic rings. The largest absolute Gasteiger partial charge is 0.508 e. The molecule has 7 rings (SSSR count). The molecule has 230 valence electrons. The van der Waals surface area contributed by atoms with Gasteiger partial charge in [0.1, 0.15) is 32.0 Å². The Hall–Kier alpha value is -4.70. The maximum Gasteiger partial charge on any atom is 0.508 e. The number of carbonyl (C=O) groups excluding carboxylic acids is 2. The molecular weight excluding hydrogens is 576 g/mol. The van der Waals surface area contributed by atoms with Gasteiger partial charge in [0.2, 0.25) is 0 Å². The number of hydrogen-bond donors (Lipinski definition) is 1. The first-order chi connectivity index (χ1) is 21.9. The minimum absolute atomic E-state index is 0.0654. The highest BCUT2D eigenvalue weighted by molar-refractivity contribution is 5.80. The van der Waals surface area contributed by atoms with Crippen molar-refractivity contribution in [2.24, 2.45) is 0 Å². The van der Waals surface area contributed by atoms with Gasteiger partial charge in [-0.2, -0.15) is 0 Å². The van der Waals surface area contributed by atoms with E-state index in [2.05, 4.69) is 24.3 Å². The number of benzene rings is 4. The van der Waals surface area contributed by atoms with Crippen molar-refractivity contribution in [3.63, 3.8) is 0 Å². The lowest BCUT2D eigenvalue weighted by atomic mass is 9.98. The Morgan fingerprint density at radius 2 is 1.07 bits per heavy atom. The van der Waals surface area contributed by atoms with E-state index < -0.39 is 30.5 Å². The number of rotatable bonds is 8. The Kier molecular flexibility index (Phi) is 7.75. The van der Waals surface area contributed by atoms with Crippen molar-refractivity contribution >= 4 is 12.3 Å². The van der Waals surface area contributed by atoms with Crippen molar-refractivity contribution in [3.8, 4) is 22.3 Å². The summed E-state index contributed by atoms with van der Waals surface area (Å²) in [7, 11) is 1.26. The van der Waals surface area contributed by atoms with Crippen molar-refractivity contribution in [2.75, 3.05) is 26.9 Å². The summed E-state index contributed by atoms with van der Waals surface area (Å²) in [6, 6.07) is 32.1. The van der Waals surface area contributed by atoms with Gasteiger partial charge in [0.25, 0.3) is 5.97 Å². The molecule has 0 spiro atoms. The molecule has 1 saturated heterocycles. The number of aliphatic hydroxyl groups is 1. The van der Waals surface area contributed by atoms with Crippen LogP contribution in [0.2, 0.25) is 0 Å². The van der Waals surface area contributed by atoms with Crippen LogP contribution in [0.15, 0.2) is 97.1 Å². The molecule has 2 aliphatic carbocycles. The van der Waals surface area contributed by atoms with E-state index in [1.807, 2.05) is 72.8 Å². The smallest absolute Gasteiger partial charge is 0.433 e. The summed E-state index contributed by atoms with van der Waals surface area (Å²) < 4.78 is 32.6. The zero-order valence-electron chi connectivity index (χ0n) is 24.6. The number of ether oxygens (including phenoxy) is 6. The first-order valence-electron chi connectivity index (χ1n) is 14.9. The molecule has 1 fully saturated rings. The summed E-state index contributed by atoms with van der Waals surface area (Å²) in [6.07, 6.45) is -4.07. The molecule has 9 heteroatoms. The maximum absolute atomic E-state index is 12.9. The molecule has 4 aromatic rings. The normalized spacial score (nSPS) is 21.4. The van der Waals surface area contributed by atoms with Crippen LogP contribution in [0, 0.1) is 0 Å². The third kappa shape index (κ3) is 5.55. The minimum Gasteiger partial charge on any atom is -0.433 e.